The Kier molecular flexibility index (Phi) is 7.98. The Hall–Kier alpha value is -1.15. The first kappa shape index (κ1) is 19.9. The molecule has 4 nitrogen and oxygen atoms in total. The number of rotatable bonds is 5. The number of nitrogens with two attached hydrogens (primary N) is 1. The molecule has 0 fully saturated rings. The van der Waals surface area contributed by atoms with Crippen molar-refractivity contribution in [3.8, 4) is 0 Å². The zero-order valence-electron chi connectivity index (χ0n) is 13.9. The van der Waals surface area contributed by atoms with Crippen LogP contribution in [-0.2, 0) is 19.4 Å². The van der Waals surface area contributed by atoms with E-state index < -0.39 is 0 Å². The molecule has 0 radical (unpaired) electrons. The third kappa shape index (κ3) is 7.78. The maximum Gasteiger partial charge on any atom is 0.189 e. The van der Waals surface area contributed by atoms with Crippen LogP contribution in [0.4, 0.5) is 0 Å². The normalized spacial score (nSPS) is 11.9. The molecule has 0 saturated carbocycles. The smallest absolute Gasteiger partial charge is 0.189 e. The van der Waals surface area contributed by atoms with Gasteiger partial charge in [-0.1, -0.05) is 30.3 Å². The highest BCUT2D eigenvalue weighted by atomic mass is 127. The fourth-order valence-corrected chi connectivity index (χ4v) is 2.81. The monoisotopic (exact) mass is 444 g/mol. The highest BCUT2D eigenvalue weighted by Gasteiger charge is 2.10. The van der Waals surface area contributed by atoms with Gasteiger partial charge in [-0.2, -0.15) is 0 Å². The van der Waals surface area contributed by atoms with Crippen LogP contribution in [0.25, 0.3) is 0 Å². The van der Waals surface area contributed by atoms with E-state index in [9.17, 15) is 0 Å². The van der Waals surface area contributed by atoms with Crippen LogP contribution in [0.1, 0.15) is 37.0 Å². The summed E-state index contributed by atoms with van der Waals surface area (Å²) in [5.74, 6) is 0.464. The predicted molar refractivity (Wildman–Crippen MR) is 110 cm³/mol. The quantitative estimate of drug-likeness (QED) is 0.420. The second-order valence-corrected chi connectivity index (χ2v) is 7.24. The lowest BCUT2D eigenvalue weighted by Gasteiger charge is -2.20. The van der Waals surface area contributed by atoms with E-state index in [1.807, 2.05) is 6.07 Å². The van der Waals surface area contributed by atoms with Crippen LogP contribution in [0.5, 0.6) is 0 Å². The average Bonchev–Trinajstić information content (AvgIpc) is 2.90. The van der Waals surface area contributed by atoms with E-state index >= 15 is 0 Å². The van der Waals surface area contributed by atoms with Crippen molar-refractivity contribution < 1.29 is 0 Å². The van der Waals surface area contributed by atoms with Crippen molar-refractivity contribution in [3.05, 3.63) is 52.0 Å². The molecule has 2 rings (SSSR count). The Balaban J connectivity index is 0.00000264. The molecule has 2 aromatic rings. The zero-order chi connectivity index (χ0) is 16.0. The van der Waals surface area contributed by atoms with E-state index in [-0.39, 0.29) is 29.5 Å². The summed E-state index contributed by atoms with van der Waals surface area (Å²) < 4.78 is 0. The van der Waals surface area contributed by atoms with Crippen molar-refractivity contribution in [2.45, 2.75) is 45.7 Å². The van der Waals surface area contributed by atoms with E-state index in [0.717, 1.165) is 23.5 Å². The lowest BCUT2D eigenvalue weighted by Crippen LogP contribution is -2.44. The van der Waals surface area contributed by atoms with Gasteiger partial charge < -0.3 is 11.1 Å². The lowest BCUT2D eigenvalue weighted by atomic mass is 10.1. The van der Waals surface area contributed by atoms with Gasteiger partial charge in [0.1, 0.15) is 0 Å². The van der Waals surface area contributed by atoms with Crippen LogP contribution < -0.4 is 11.1 Å². The van der Waals surface area contributed by atoms with Crippen molar-refractivity contribution in [3.63, 3.8) is 0 Å². The molecule has 126 valence electrons. The topological polar surface area (TPSA) is 63.3 Å². The number of aromatic nitrogens is 1. The molecule has 0 amide bonds. The van der Waals surface area contributed by atoms with E-state index in [1.165, 1.54) is 5.56 Å². The number of guanidine groups is 1. The minimum atomic E-state index is -0.0729. The number of nitrogens with one attached hydrogen (secondary N) is 1. The summed E-state index contributed by atoms with van der Waals surface area (Å²) in [6.07, 6.45) is 1.99. The third-order valence-electron chi connectivity index (χ3n) is 2.98. The van der Waals surface area contributed by atoms with Gasteiger partial charge in [-0.3, -0.25) is 0 Å². The number of benzene rings is 1. The van der Waals surface area contributed by atoms with Crippen LogP contribution in [0.15, 0.2) is 40.7 Å². The van der Waals surface area contributed by atoms with Gasteiger partial charge in [0.25, 0.3) is 0 Å². The molecular weight excluding hydrogens is 419 g/mol. The third-order valence-corrected chi connectivity index (χ3v) is 3.94. The summed E-state index contributed by atoms with van der Waals surface area (Å²) in [7, 11) is 0. The Labute approximate surface area is 159 Å². The molecular formula is C17H25IN4S. The molecule has 0 saturated heterocycles. The Morgan fingerprint density at radius 1 is 1.22 bits per heavy atom. The predicted octanol–water partition coefficient (Wildman–Crippen LogP) is 3.75. The molecule has 0 atom stereocenters. The molecule has 0 aliphatic heterocycles. The second kappa shape index (κ2) is 9.22. The summed E-state index contributed by atoms with van der Waals surface area (Å²) in [5.41, 5.74) is 8.11. The number of hydrogen-bond donors (Lipinski definition) is 2. The zero-order valence-corrected chi connectivity index (χ0v) is 17.0. The van der Waals surface area contributed by atoms with Gasteiger partial charge in [-0.25, -0.2) is 9.98 Å². The molecule has 1 heterocycles. The molecule has 23 heavy (non-hydrogen) atoms. The fourth-order valence-electron chi connectivity index (χ4n) is 2.02. The SMILES string of the molecule is CC(C)(C)NC(N)=NCc1csc(CCc2ccccc2)n1.I. The summed E-state index contributed by atoms with van der Waals surface area (Å²) >= 11 is 1.69. The standard InChI is InChI=1S/C17H24N4S.HI/c1-17(2,3)21-16(18)19-11-14-12-22-15(20-14)10-9-13-7-5-4-6-8-13;/h4-8,12H,9-11H2,1-3H3,(H3,18,19,21);1H. The lowest BCUT2D eigenvalue weighted by molar-refractivity contribution is 0.508. The van der Waals surface area contributed by atoms with Crippen molar-refractivity contribution in [2.24, 2.45) is 10.7 Å². The number of nitrogens with zero attached hydrogens (tertiary/aromatic N) is 2. The highest BCUT2D eigenvalue weighted by molar-refractivity contribution is 14.0. The summed E-state index contributed by atoms with van der Waals surface area (Å²) in [5, 5.41) is 6.36. The Bertz CT molecular complexity index is 617. The van der Waals surface area contributed by atoms with E-state index in [0.29, 0.717) is 12.5 Å². The van der Waals surface area contributed by atoms with E-state index in [4.69, 9.17) is 5.73 Å². The first-order chi connectivity index (χ1) is 10.4. The molecule has 3 N–H and O–H groups in total. The van der Waals surface area contributed by atoms with Crippen molar-refractivity contribution in [2.75, 3.05) is 0 Å². The number of halogens is 1. The molecule has 0 aliphatic rings. The number of aliphatic imine (C=N–C) groups is 1. The number of thiazole rings is 1. The van der Waals surface area contributed by atoms with Gasteiger partial charge in [0.05, 0.1) is 17.2 Å². The van der Waals surface area contributed by atoms with Gasteiger partial charge >= 0.3 is 0 Å². The van der Waals surface area contributed by atoms with Gasteiger partial charge in [-0.15, -0.1) is 35.3 Å². The van der Waals surface area contributed by atoms with E-state index in [1.54, 1.807) is 11.3 Å². The van der Waals surface area contributed by atoms with Gasteiger partial charge in [0.2, 0.25) is 0 Å². The fraction of sp³-hybridized carbons (Fsp3) is 0.412. The minimum Gasteiger partial charge on any atom is -0.370 e. The van der Waals surface area contributed by atoms with Gasteiger partial charge in [0.15, 0.2) is 5.96 Å². The molecule has 1 aromatic heterocycles. The van der Waals surface area contributed by atoms with Crippen molar-refractivity contribution in [1.29, 1.82) is 0 Å². The summed E-state index contributed by atoms with van der Waals surface area (Å²) in [6, 6.07) is 10.5. The molecule has 0 bridgehead atoms. The minimum absolute atomic E-state index is 0. The van der Waals surface area contributed by atoms with Crippen LogP contribution in [0, 0.1) is 0 Å². The summed E-state index contributed by atoms with van der Waals surface area (Å²) in [4.78, 5) is 8.96. The molecule has 1 aromatic carbocycles. The van der Waals surface area contributed by atoms with Crippen LogP contribution >= 0.6 is 35.3 Å². The van der Waals surface area contributed by atoms with Gasteiger partial charge in [0, 0.05) is 17.3 Å². The second-order valence-electron chi connectivity index (χ2n) is 6.29. The first-order valence-corrected chi connectivity index (χ1v) is 8.36. The summed E-state index contributed by atoms with van der Waals surface area (Å²) in [6.45, 7) is 6.69. The van der Waals surface area contributed by atoms with Crippen LogP contribution in [0.2, 0.25) is 0 Å². The van der Waals surface area contributed by atoms with Crippen molar-refractivity contribution >= 4 is 41.3 Å². The Morgan fingerprint density at radius 3 is 2.57 bits per heavy atom. The first-order valence-electron chi connectivity index (χ1n) is 7.48. The molecule has 0 unspecified atom stereocenters. The molecule has 0 aliphatic carbocycles. The maximum absolute atomic E-state index is 5.86. The highest BCUT2D eigenvalue weighted by Crippen LogP contribution is 2.14. The van der Waals surface area contributed by atoms with E-state index in [2.05, 4.69) is 65.7 Å². The average molecular weight is 444 g/mol. The Morgan fingerprint density at radius 2 is 1.91 bits per heavy atom. The number of hydrogen-bond acceptors (Lipinski definition) is 3. The van der Waals surface area contributed by atoms with Crippen LogP contribution in [-0.4, -0.2) is 16.5 Å². The molecule has 0 spiro atoms. The van der Waals surface area contributed by atoms with Crippen molar-refractivity contribution in [1.82, 2.24) is 10.3 Å². The van der Waals surface area contributed by atoms with Gasteiger partial charge in [-0.05, 0) is 32.8 Å². The maximum atomic E-state index is 5.86. The molecule has 6 heteroatoms. The van der Waals surface area contributed by atoms with Crippen LogP contribution in [0.3, 0.4) is 0 Å². The largest absolute Gasteiger partial charge is 0.370 e. The number of aryl methyl sites for hydroxylation is 2.